The van der Waals surface area contributed by atoms with Crippen LogP contribution in [0.25, 0.3) is 0 Å². The van der Waals surface area contributed by atoms with Gasteiger partial charge >= 0.3 is 0 Å². The highest BCUT2D eigenvalue weighted by Gasteiger charge is 2.31. The third-order valence-corrected chi connectivity index (χ3v) is 8.38. The molecule has 0 fully saturated rings. The number of amides is 2. The van der Waals surface area contributed by atoms with Gasteiger partial charge in [-0.3, -0.25) is 29.2 Å². The normalized spacial score (nSPS) is 13.7. The Labute approximate surface area is 278 Å². The number of aromatic nitrogens is 1. The molecule has 2 aromatic rings. The Morgan fingerprint density at radius 2 is 1.57 bits per heavy atom. The topological polar surface area (TPSA) is 230 Å². The zero-order valence-corrected chi connectivity index (χ0v) is 28.2. The summed E-state index contributed by atoms with van der Waals surface area (Å²) in [7, 11) is 0. The van der Waals surface area contributed by atoms with E-state index in [9.17, 15) is 24.3 Å². The first-order valence-electron chi connectivity index (χ1n) is 16.3. The minimum atomic E-state index is -0.980. The van der Waals surface area contributed by atoms with Crippen LogP contribution >= 0.6 is 0 Å². The minimum Gasteiger partial charge on any atom is -0.508 e. The molecule has 1 aromatic heterocycles. The molecule has 0 spiro atoms. The number of aryl methyl sites for hydroxylation is 2. The molecular formula is C35H53N7O5. The van der Waals surface area contributed by atoms with Crippen molar-refractivity contribution >= 4 is 29.3 Å². The molecule has 0 radical (unpaired) electrons. The van der Waals surface area contributed by atoms with E-state index in [1.54, 1.807) is 36.7 Å². The summed E-state index contributed by atoms with van der Waals surface area (Å²) >= 11 is 0. The van der Waals surface area contributed by atoms with E-state index in [-0.39, 0.29) is 49.0 Å². The molecule has 0 aliphatic heterocycles. The van der Waals surface area contributed by atoms with Gasteiger partial charge in [0.1, 0.15) is 11.5 Å². The lowest BCUT2D eigenvalue weighted by Gasteiger charge is -2.25. The van der Waals surface area contributed by atoms with Crippen molar-refractivity contribution in [1.82, 2.24) is 10.3 Å². The van der Waals surface area contributed by atoms with E-state index >= 15 is 0 Å². The number of nitrogens with one attached hydrogen (secondary N) is 1. The number of phenols is 1. The first-order chi connectivity index (χ1) is 22.2. The number of primary amides is 1. The first-order valence-corrected chi connectivity index (χ1v) is 16.3. The summed E-state index contributed by atoms with van der Waals surface area (Å²) in [6, 6.07) is 4.93. The number of aromatic hydroxyl groups is 1. The van der Waals surface area contributed by atoms with Crippen molar-refractivity contribution in [3.05, 3.63) is 58.9 Å². The maximum atomic E-state index is 14.0. The van der Waals surface area contributed by atoms with Gasteiger partial charge in [-0.15, -0.1) is 0 Å². The Bertz CT molecular complexity index is 1350. The van der Waals surface area contributed by atoms with Crippen molar-refractivity contribution in [3.63, 3.8) is 0 Å². The standard InChI is InChI=1S/C35H53N7O5/c1-21(2)8-5-10-25(33(37)46)18-32(45)30(16-24-9-6-12-40-20-24)42-34(47)26(17-28-22(3)14-27(43)15-23(28)4)19-31(44)29(36)11-7-13-41-35(38)39/h6,9,12,14-15,20-21,25-26,29-30,43H,5,7-8,10-11,13,16-19,36H2,1-4H3,(H2,37,46)(H,42,47)(H4,38,39,41)/t25-,26-,29-,30+/m1/s1. The van der Waals surface area contributed by atoms with Crippen LogP contribution in [0, 0.1) is 31.6 Å². The van der Waals surface area contributed by atoms with E-state index in [1.165, 1.54) is 0 Å². The molecule has 0 aliphatic rings. The van der Waals surface area contributed by atoms with Crippen molar-refractivity contribution in [3.8, 4) is 5.75 Å². The number of hydrogen-bond acceptors (Lipinski definition) is 8. The molecule has 0 unspecified atom stereocenters. The molecule has 1 heterocycles. The zero-order valence-electron chi connectivity index (χ0n) is 28.2. The number of phenolic OH excluding ortho intramolecular Hbond substituents is 1. The van der Waals surface area contributed by atoms with Gasteiger partial charge < -0.3 is 33.4 Å². The fourth-order valence-corrected chi connectivity index (χ4v) is 5.66. The molecule has 1 aromatic carbocycles. The predicted octanol–water partition coefficient (Wildman–Crippen LogP) is 2.52. The average Bonchev–Trinajstić information content (AvgIpc) is 2.99. The van der Waals surface area contributed by atoms with Gasteiger partial charge in [-0.1, -0.05) is 32.8 Å². The van der Waals surface area contributed by atoms with Gasteiger partial charge in [-0.2, -0.15) is 0 Å². The Morgan fingerprint density at radius 3 is 2.15 bits per heavy atom. The number of carbonyl (C=O) groups excluding carboxylic acids is 4. The Morgan fingerprint density at radius 1 is 0.915 bits per heavy atom. The van der Waals surface area contributed by atoms with Crippen LogP contribution in [0.4, 0.5) is 0 Å². The summed E-state index contributed by atoms with van der Waals surface area (Å²) in [6.07, 6.45) is 6.22. The predicted molar refractivity (Wildman–Crippen MR) is 183 cm³/mol. The molecule has 47 heavy (non-hydrogen) atoms. The van der Waals surface area contributed by atoms with Crippen molar-refractivity contribution in [1.29, 1.82) is 0 Å². The summed E-state index contributed by atoms with van der Waals surface area (Å²) in [6.45, 7) is 8.15. The highest BCUT2D eigenvalue weighted by molar-refractivity contribution is 5.94. The molecule has 12 heteroatoms. The molecule has 0 aliphatic carbocycles. The van der Waals surface area contributed by atoms with Gasteiger partial charge in [0.05, 0.1) is 12.1 Å². The number of ketones is 2. The molecular weight excluding hydrogens is 598 g/mol. The van der Waals surface area contributed by atoms with E-state index in [0.717, 1.165) is 35.1 Å². The van der Waals surface area contributed by atoms with E-state index in [0.29, 0.717) is 31.7 Å². The molecule has 4 atom stereocenters. The van der Waals surface area contributed by atoms with Crippen LogP contribution in [-0.4, -0.2) is 58.1 Å². The number of pyridine rings is 1. The smallest absolute Gasteiger partial charge is 0.224 e. The van der Waals surface area contributed by atoms with Crippen LogP contribution in [0.1, 0.15) is 81.0 Å². The Balaban J connectivity index is 2.35. The molecule has 10 N–H and O–H groups in total. The molecule has 2 amide bonds. The number of hydrogen-bond donors (Lipinski definition) is 6. The lowest BCUT2D eigenvalue weighted by Crippen LogP contribution is -2.47. The number of benzene rings is 1. The van der Waals surface area contributed by atoms with Crippen molar-refractivity contribution in [2.24, 2.45) is 45.7 Å². The van der Waals surface area contributed by atoms with Crippen LogP contribution in [0.5, 0.6) is 5.75 Å². The van der Waals surface area contributed by atoms with Gasteiger partial charge in [0.25, 0.3) is 0 Å². The summed E-state index contributed by atoms with van der Waals surface area (Å²) in [5.41, 5.74) is 25.7. The van der Waals surface area contributed by atoms with E-state index in [2.05, 4.69) is 29.1 Å². The lowest BCUT2D eigenvalue weighted by molar-refractivity contribution is -0.133. The van der Waals surface area contributed by atoms with Gasteiger partial charge in [-0.25, -0.2) is 0 Å². The third kappa shape index (κ3) is 13.9. The quantitative estimate of drug-likeness (QED) is 0.0660. The number of Topliss-reactive ketones (excluding diaryl/α,β-unsaturated/α-hetero) is 2. The van der Waals surface area contributed by atoms with Crippen molar-refractivity contribution < 1.29 is 24.3 Å². The molecule has 0 saturated carbocycles. The number of nitrogens with zero attached hydrogens (tertiary/aromatic N) is 2. The van der Waals surface area contributed by atoms with E-state index in [4.69, 9.17) is 22.9 Å². The van der Waals surface area contributed by atoms with Gasteiger partial charge in [0.15, 0.2) is 11.7 Å². The molecule has 258 valence electrons. The lowest BCUT2D eigenvalue weighted by atomic mass is 9.86. The number of rotatable bonds is 21. The number of guanidine groups is 1. The highest BCUT2D eigenvalue weighted by atomic mass is 16.3. The largest absolute Gasteiger partial charge is 0.508 e. The van der Waals surface area contributed by atoms with E-state index in [1.807, 2.05) is 13.8 Å². The average molecular weight is 652 g/mol. The minimum absolute atomic E-state index is 0.0469. The summed E-state index contributed by atoms with van der Waals surface area (Å²) < 4.78 is 0. The maximum Gasteiger partial charge on any atom is 0.224 e. The monoisotopic (exact) mass is 651 g/mol. The molecule has 12 nitrogen and oxygen atoms in total. The fourth-order valence-electron chi connectivity index (χ4n) is 5.66. The molecule has 0 saturated heterocycles. The molecule has 2 rings (SSSR count). The summed E-state index contributed by atoms with van der Waals surface area (Å²) in [4.78, 5) is 61.5. The van der Waals surface area contributed by atoms with Gasteiger partial charge in [0.2, 0.25) is 11.8 Å². The SMILES string of the molecule is Cc1cc(O)cc(C)c1C[C@H](CC(=O)[C@H](N)CCCN=C(N)N)C(=O)N[C@@H](Cc1cccnc1)C(=O)C[C@@H](CCCC(C)C)C(N)=O. The van der Waals surface area contributed by atoms with Crippen molar-refractivity contribution in [2.45, 2.75) is 97.6 Å². The number of aliphatic imine (C=N–C) groups is 1. The molecule has 0 bridgehead atoms. The number of carbonyl (C=O) groups is 4. The summed E-state index contributed by atoms with van der Waals surface area (Å²) in [5.74, 6) is -2.70. The number of nitrogens with two attached hydrogens (primary N) is 4. The second-order valence-corrected chi connectivity index (χ2v) is 12.9. The second kappa shape index (κ2) is 19.4. The van der Waals surface area contributed by atoms with E-state index < -0.39 is 35.7 Å². The fraction of sp³-hybridized carbons (Fsp3) is 0.543. The second-order valence-electron chi connectivity index (χ2n) is 12.9. The first kappa shape index (κ1) is 38.9. The van der Waals surface area contributed by atoms with Crippen LogP contribution < -0.4 is 28.3 Å². The Hall–Kier alpha value is -4.32. The van der Waals surface area contributed by atoms with Crippen LogP contribution in [0.3, 0.4) is 0 Å². The zero-order chi connectivity index (χ0) is 35.1. The van der Waals surface area contributed by atoms with Gasteiger partial charge in [0, 0.05) is 50.0 Å². The Kier molecular flexibility index (Phi) is 16.0. The summed E-state index contributed by atoms with van der Waals surface area (Å²) in [5, 5.41) is 13.0. The van der Waals surface area contributed by atoms with Gasteiger partial charge in [-0.05, 0) is 85.9 Å². The maximum absolute atomic E-state index is 14.0. The van der Waals surface area contributed by atoms with Crippen LogP contribution in [-0.2, 0) is 32.0 Å². The van der Waals surface area contributed by atoms with Crippen molar-refractivity contribution in [2.75, 3.05) is 6.54 Å². The van der Waals surface area contributed by atoms with Crippen LogP contribution in [0.15, 0.2) is 41.7 Å². The van der Waals surface area contributed by atoms with Crippen LogP contribution in [0.2, 0.25) is 0 Å². The third-order valence-electron chi connectivity index (χ3n) is 8.38. The highest BCUT2D eigenvalue weighted by Crippen LogP contribution is 2.26.